The van der Waals surface area contributed by atoms with Crippen molar-refractivity contribution in [2.75, 3.05) is 5.32 Å². The molecule has 2 aromatic rings. The molecule has 0 radical (unpaired) electrons. The SMILES string of the molecule is Cc1cc(O)ccc1C(=O)Nc1nccnc1C(=O)O. The first-order chi connectivity index (χ1) is 9.49. The lowest BCUT2D eigenvalue weighted by molar-refractivity contribution is 0.0691. The molecule has 0 saturated carbocycles. The van der Waals surface area contributed by atoms with Gasteiger partial charge in [-0.05, 0) is 30.7 Å². The molecule has 7 heteroatoms. The van der Waals surface area contributed by atoms with Crippen LogP contribution in [0.4, 0.5) is 5.82 Å². The summed E-state index contributed by atoms with van der Waals surface area (Å²) in [7, 11) is 0. The van der Waals surface area contributed by atoms with Crippen molar-refractivity contribution in [1.82, 2.24) is 9.97 Å². The molecule has 1 aromatic heterocycles. The van der Waals surface area contributed by atoms with Gasteiger partial charge in [-0.2, -0.15) is 0 Å². The number of anilines is 1. The van der Waals surface area contributed by atoms with E-state index < -0.39 is 11.9 Å². The summed E-state index contributed by atoms with van der Waals surface area (Å²) >= 11 is 0. The van der Waals surface area contributed by atoms with Crippen LogP contribution >= 0.6 is 0 Å². The van der Waals surface area contributed by atoms with Crippen molar-refractivity contribution in [2.24, 2.45) is 0 Å². The fraction of sp³-hybridized carbons (Fsp3) is 0.0769. The lowest BCUT2D eigenvalue weighted by Gasteiger charge is -2.08. The summed E-state index contributed by atoms with van der Waals surface area (Å²) in [5.41, 5.74) is 0.533. The molecule has 0 atom stereocenters. The molecule has 0 saturated heterocycles. The number of carbonyl (C=O) groups is 2. The first kappa shape index (κ1) is 13.5. The number of benzene rings is 1. The second-order valence-electron chi connectivity index (χ2n) is 4.01. The van der Waals surface area contributed by atoms with Gasteiger partial charge in [-0.15, -0.1) is 0 Å². The number of carboxylic acids is 1. The fourth-order valence-corrected chi connectivity index (χ4v) is 1.66. The Hall–Kier alpha value is -2.96. The van der Waals surface area contributed by atoms with Crippen LogP contribution in [0.3, 0.4) is 0 Å². The number of nitrogens with zero attached hydrogens (tertiary/aromatic N) is 2. The van der Waals surface area contributed by atoms with Gasteiger partial charge in [0.1, 0.15) is 5.75 Å². The molecular formula is C13H11N3O4. The summed E-state index contributed by atoms with van der Waals surface area (Å²) in [4.78, 5) is 30.5. The van der Waals surface area contributed by atoms with Crippen LogP contribution in [0.5, 0.6) is 5.75 Å². The number of phenolic OH excluding ortho intramolecular Hbond substituents is 1. The van der Waals surface area contributed by atoms with Gasteiger partial charge >= 0.3 is 5.97 Å². The molecule has 0 spiro atoms. The number of aromatic nitrogens is 2. The number of phenols is 1. The molecular weight excluding hydrogens is 262 g/mol. The highest BCUT2D eigenvalue weighted by Gasteiger charge is 2.17. The van der Waals surface area contributed by atoms with Gasteiger partial charge in [0.05, 0.1) is 0 Å². The average molecular weight is 273 g/mol. The molecule has 0 aliphatic heterocycles. The van der Waals surface area contributed by atoms with Crippen molar-refractivity contribution in [2.45, 2.75) is 6.92 Å². The predicted molar refractivity (Wildman–Crippen MR) is 69.8 cm³/mol. The maximum Gasteiger partial charge on any atom is 0.358 e. The Morgan fingerprint density at radius 3 is 2.55 bits per heavy atom. The number of carboxylic acid groups (broad SMARTS) is 1. The minimum absolute atomic E-state index is 0.0461. The van der Waals surface area contributed by atoms with E-state index >= 15 is 0 Å². The van der Waals surface area contributed by atoms with Crippen molar-refractivity contribution < 1.29 is 19.8 Å². The molecule has 0 aliphatic carbocycles. The third-order valence-corrected chi connectivity index (χ3v) is 2.59. The van der Waals surface area contributed by atoms with Gasteiger partial charge in [-0.25, -0.2) is 14.8 Å². The van der Waals surface area contributed by atoms with Crippen LogP contribution in [0.2, 0.25) is 0 Å². The summed E-state index contributed by atoms with van der Waals surface area (Å²) in [5, 5.41) is 20.6. The highest BCUT2D eigenvalue weighted by molar-refractivity contribution is 6.07. The zero-order valence-corrected chi connectivity index (χ0v) is 10.5. The van der Waals surface area contributed by atoms with Gasteiger partial charge in [-0.3, -0.25) is 4.79 Å². The van der Waals surface area contributed by atoms with Crippen LogP contribution in [-0.4, -0.2) is 32.1 Å². The van der Waals surface area contributed by atoms with Crippen molar-refractivity contribution in [3.8, 4) is 5.75 Å². The van der Waals surface area contributed by atoms with Crippen molar-refractivity contribution in [3.63, 3.8) is 0 Å². The number of hydrogen-bond acceptors (Lipinski definition) is 5. The Morgan fingerprint density at radius 1 is 1.20 bits per heavy atom. The summed E-state index contributed by atoms with van der Waals surface area (Å²) in [6, 6.07) is 4.25. The maximum atomic E-state index is 12.1. The second kappa shape index (κ2) is 5.35. The average Bonchev–Trinajstić information content (AvgIpc) is 2.38. The molecule has 1 heterocycles. The zero-order chi connectivity index (χ0) is 14.7. The van der Waals surface area contributed by atoms with Gasteiger partial charge in [0.2, 0.25) is 0 Å². The number of rotatable bonds is 3. The molecule has 1 aromatic carbocycles. The van der Waals surface area contributed by atoms with Gasteiger partial charge in [0, 0.05) is 18.0 Å². The lowest BCUT2D eigenvalue weighted by Crippen LogP contribution is -2.17. The van der Waals surface area contributed by atoms with E-state index in [0.29, 0.717) is 11.1 Å². The minimum atomic E-state index is -1.28. The van der Waals surface area contributed by atoms with Gasteiger partial charge in [-0.1, -0.05) is 0 Å². The lowest BCUT2D eigenvalue weighted by atomic mass is 10.1. The van der Waals surface area contributed by atoms with E-state index in [1.54, 1.807) is 6.92 Å². The van der Waals surface area contributed by atoms with E-state index in [0.717, 1.165) is 0 Å². The molecule has 0 unspecified atom stereocenters. The van der Waals surface area contributed by atoms with Gasteiger partial charge in [0.25, 0.3) is 5.91 Å². The minimum Gasteiger partial charge on any atom is -0.508 e. The molecule has 2 rings (SSSR count). The Kier molecular flexibility index (Phi) is 3.60. The fourth-order valence-electron chi connectivity index (χ4n) is 1.66. The standard InChI is InChI=1S/C13H11N3O4/c1-7-6-8(17)2-3-9(7)12(18)16-11-10(13(19)20)14-4-5-15-11/h2-6,17H,1H3,(H,19,20)(H,15,16,18). The summed E-state index contributed by atoms with van der Waals surface area (Å²) in [6.07, 6.45) is 2.51. The molecule has 7 nitrogen and oxygen atoms in total. The topological polar surface area (TPSA) is 112 Å². The molecule has 0 bridgehead atoms. The van der Waals surface area contributed by atoms with Crippen LogP contribution in [-0.2, 0) is 0 Å². The largest absolute Gasteiger partial charge is 0.508 e. The summed E-state index contributed by atoms with van der Waals surface area (Å²) < 4.78 is 0. The second-order valence-corrected chi connectivity index (χ2v) is 4.01. The van der Waals surface area contributed by atoms with Crippen molar-refractivity contribution in [3.05, 3.63) is 47.4 Å². The Morgan fingerprint density at radius 2 is 1.90 bits per heavy atom. The Labute approximate surface area is 113 Å². The van der Waals surface area contributed by atoms with E-state index in [-0.39, 0.29) is 17.3 Å². The molecule has 102 valence electrons. The first-order valence-electron chi connectivity index (χ1n) is 5.64. The summed E-state index contributed by atoms with van der Waals surface area (Å²) in [5.74, 6) is -1.89. The smallest absolute Gasteiger partial charge is 0.358 e. The highest BCUT2D eigenvalue weighted by Crippen LogP contribution is 2.17. The van der Waals surface area contributed by atoms with Crippen LogP contribution < -0.4 is 5.32 Å². The Bertz CT molecular complexity index is 685. The monoisotopic (exact) mass is 273 g/mol. The molecule has 20 heavy (non-hydrogen) atoms. The maximum absolute atomic E-state index is 12.1. The third-order valence-electron chi connectivity index (χ3n) is 2.59. The Balaban J connectivity index is 2.30. The number of amides is 1. The molecule has 1 amide bonds. The number of aromatic carboxylic acids is 1. The normalized spacial score (nSPS) is 10.1. The third kappa shape index (κ3) is 2.72. The molecule has 0 aliphatic rings. The molecule has 0 fully saturated rings. The number of aromatic hydroxyl groups is 1. The predicted octanol–water partition coefficient (Wildman–Crippen LogP) is 1.44. The first-order valence-corrected chi connectivity index (χ1v) is 5.64. The number of nitrogens with one attached hydrogen (secondary N) is 1. The quantitative estimate of drug-likeness (QED) is 0.780. The van der Waals surface area contributed by atoms with Crippen molar-refractivity contribution in [1.29, 1.82) is 0 Å². The summed E-state index contributed by atoms with van der Waals surface area (Å²) in [6.45, 7) is 1.66. The van der Waals surface area contributed by atoms with E-state index in [4.69, 9.17) is 5.11 Å². The van der Waals surface area contributed by atoms with E-state index in [9.17, 15) is 14.7 Å². The number of hydrogen-bond donors (Lipinski definition) is 3. The van der Waals surface area contributed by atoms with Crippen molar-refractivity contribution >= 4 is 17.7 Å². The molecule has 3 N–H and O–H groups in total. The van der Waals surface area contributed by atoms with Crippen LogP contribution in [0.15, 0.2) is 30.6 Å². The van der Waals surface area contributed by atoms with E-state index in [1.807, 2.05) is 0 Å². The van der Waals surface area contributed by atoms with Crippen LogP contribution in [0.25, 0.3) is 0 Å². The van der Waals surface area contributed by atoms with Crippen LogP contribution in [0.1, 0.15) is 26.4 Å². The van der Waals surface area contributed by atoms with E-state index in [1.165, 1.54) is 30.6 Å². The van der Waals surface area contributed by atoms with Crippen LogP contribution in [0, 0.1) is 6.92 Å². The van der Waals surface area contributed by atoms with Gasteiger partial charge < -0.3 is 15.5 Å². The number of carbonyl (C=O) groups excluding carboxylic acids is 1. The van der Waals surface area contributed by atoms with E-state index in [2.05, 4.69) is 15.3 Å². The number of aryl methyl sites for hydroxylation is 1. The van der Waals surface area contributed by atoms with Gasteiger partial charge in [0.15, 0.2) is 11.5 Å². The zero-order valence-electron chi connectivity index (χ0n) is 10.5. The highest BCUT2D eigenvalue weighted by atomic mass is 16.4.